The molecule has 1 N–H and O–H groups in total. The average molecular weight is 404 g/mol. The lowest BCUT2D eigenvalue weighted by Crippen LogP contribution is -2.31. The first-order valence-electron chi connectivity index (χ1n) is 9.32. The molecule has 0 saturated carbocycles. The third kappa shape index (κ3) is 5.01. The number of ether oxygens (including phenoxy) is 2. The highest BCUT2D eigenvalue weighted by atomic mass is 32.1. The summed E-state index contributed by atoms with van der Waals surface area (Å²) >= 11 is 1.49. The molecule has 1 aromatic heterocycles. The summed E-state index contributed by atoms with van der Waals surface area (Å²) in [4.78, 5) is 30.1. The zero-order valence-corrected chi connectivity index (χ0v) is 17.0. The minimum atomic E-state index is -0.0584. The van der Waals surface area contributed by atoms with Crippen LogP contribution in [0, 0.1) is 0 Å². The Labute approximate surface area is 168 Å². The third-order valence-electron chi connectivity index (χ3n) is 4.62. The Hall–Kier alpha value is -2.61. The first-order chi connectivity index (χ1) is 13.6. The van der Waals surface area contributed by atoms with Gasteiger partial charge in [-0.2, -0.15) is 0 Å². The molecule has 8 heteroatoms. The molecular formula is C20H25N3O4S. The van der Waals surface area contributed by atoms with Crippen molar-refractivity contribution in [3.8, 4) is 22.1 Å². The highest BCUT2D eigenvalue weighted by Crippen LogP contribution is 2.33. The Morgan fingerprint density at radius 3 is 2.82 bits per heavy atom. The first kappa shape index (κ1) is 20.1. The number of carbonyl (C=O) groups is 2. The smallest absolute Gasteiger partial charge is 0.226 e. The number of nitrogens with zero attached hydrogens (tertiary/aromatic N) is 2. The third-order valence-corrected chi connectivity index (χ3v) is 5.56. The van der Waals surface area contributed by atoms with E-state index in [4.69, 9.17) is 9.47 Å². The molecule has 2 heterocycles. The van der Waals surface area contributed by atoms with Crippen molar-refractivity contribution < 1.29 is 19.1 Å². The fourth-order valence-electron chi connectivity index (χ4n) is 3.16. The quantitative estimate of drug-likeness (QED) is 0.651. The van der Waals surface area contributed by atoms with E-state index in [1.54, 1.807) is 14.2 Å². The second-order valence-corrected chi connectivity index (χ2v) is 7.44. The first-order valence-corrected chi connectivity index (χ1v) is 10.2. The van der Waals surface area contributed by atoms with Crippen molar-refractivity contribution in [2.45, 2.75) is 25.7 Å². The number of likely N-dealkylation sites (tertiary alicyclic amines) is 1. The van der Waals surface area contributed by atoms with Gasteiger partial charge in [0.1, 0.15) is 5.01 Å². The van der Waals surface area contributed by atoms with Crippen LogP contribution >= 0.6 is 11.3 Å². The largest absolute Gasteiger partial charge is 0.493 e. The highest BCUT2D eigenvalue weighted by Gasteiger charge is 2.19. The maximum absolute atomic E-state index is 12.1. The summed E-state index contributed by atoms with van der Waals surface area (Å²) in [7, 11) is 3.19. The van der Waals surface area contributed by atoms with Crippen LogP contribution in [0.4, 0.5) is 0 Å². The molecule has 7 nitrogen and oxygen atoms in total. The second kappa shape index (κ2) is 9.54. The minimum absolute atomic E-state index is 0.0584. The lowest BCUT2D eigenvalue weighted by Gasteiger charge is -2.15. The lowest BCUT2D eigenvalue weighted by atomic mass is 10.2. The van der Waals surface area contributed by atoms with Crippen LogP contribution in [-0.2, 0) is 16.0 Å². The maximum Gasteiger partial charge on any atom is 0.226 e. The number of thiazole rings is 1. The molecule has 1 aliphatic rings. The maximum atomic E-state index is 12.1. The predicted molar refractivity (Wildman–Crippen MR) is 108 cm³/mol. The number of carbonyl (C=O) groups excluding carboxylic acids is 2. The van der Waals surface area contributed by atoms with Crippen molar-refractivity contribution in [3.63, 3.8) is 0 Å². The van der Waals surface area contributed by atoms with E-state index >= 15 is 0 Å². The summed E-state index contributed by atoms with van der Waals surface area (Å²) in [5, 5.41) is 5.63. The van der Waals surface area contributed by atoms with Crippen LogP contribution in [-0.4, -0.2) is 55.6 Å². The van der Waals surface area contributed by atoms with Gasteiger partial charge in [0.05, 0.1) is 26.3 Å². The lowest BCUT2D eigenvalue weighted by molar-refractivity contribution is -0.127. The summed E-state index contributed by atoms with van der Waals surface area (Å²) in [5.74, 6) is 1.47. The van der Waals surface area contributed by atoms with E-state index in [2.05, 4.69) is 10.3 Å². The number of aromatic nitrogens is 1. The number of amides is 2. The molecule has 3 rings (SSSR count). The topological polar surface area (TPSA) is 80.8 Å². The molecule has 0 bridgehead atoms. The summed E-state index contributed by atoms with van der Waals surface area (Å²) < 4.78 is 10.6. The normalized spacial score (nSPS) is 13.6. The van der Waals surface area contributed by atoms with E-state index in [1.807, 2.05) is 28.5 Å². The second-order valence-electron chi connectivity index (χ2n) is 6.58. The molecule has 1 aromatic carbocycles. The standard InChI is InChI=1S/C20H25N3O4S/c1-26-16-7-6-14(11-17(16)27-2)20-22-15(13-28-20)12-18(24)21-8-4-10-23-9-3-5-19(23)25/h6-7,11,13H,3-5,8-10,12H2,1-2H3,(H,21,24). The van der Waals surface area contributed by atoms with E-state index in [9.17, 15) is 9.59 Å². The van der Waals surface area contributed by atoms with Gasteiger partial charge in [-0.3, -0.25) is 9.59 Å². The van der Waals surface area contributed by atoms with Crippen molar-refractivity contribution >= 4 is 23.2 Å². The van der Waals surface area contributed by atoms with E-state index in [-0.39, 0.29) is 18.2 Å². The van der Waals surface area contributed by atoms with Crippen molar-refractivity contribution in [1.29, 1.82) is 0 Å². The molecule has 0 radical (unpaired) electrons. The van der Waals surface area contributed by atoms with Gasteiger partial charge in [-0.25, -0.2) is 4.98 Å². The molecular weight excluding hydrogens is 378 g/mol. The van der Waals surface area contributed by atoms with Crippen LogP contribution in [0.25, 0.3) is 10.6 Å². The van der Waals surface area contributed by atoms with Gasteiger partial charge in [-0.05, 0) is 31.0 Å². The van der Waals surface area contributed by atoms with Crippen LogP contribution < -0.4 is 14.8 Å². The zero-order chi connectivity index (χ0) is 19.9. The number of rotatable bonds is 9. The number of methoxy groups -OCH3 is 2. The molecule has 2 amide bonds. The zero-order valence-electron chi connectivity index (χ0n) is 16.2. The molecule has 0 atom stereocenters. The molecule has 28 heavy (non-hydrogen) atoms. The molecule has 0 spiro atoms. The Kier molecular flexibility index (Phi) is 6.86. The molecule has 150 valence electrons. The van der Waals surface area contributed by atoms with E-state index < -0.39 is 0 Å². The van der Waals surface area contributed by atoms with Gasteiger partial charge in [-0.15, -0.1) is 11.3 Å². The highest BCUT2D eigenvalue weighted by molar-refractivity contribution is 7.13. The van der Waals surface area contributed by atoms with Crippen LogP contribution in [0.3, 0.4) is 0 Å². The predicted octanol–water partition coefficient (Wildman–Crippen LogP) is 2.50. The molecule has 2 aromatic rings. The fraction of sp³-hybridized carbons (Fsp3) is 0.450. The van der Waals surface area contributed by atoms with E-state index in [0.717, 1.165) is 35.7 Å². The SMILES string of the molecule is COc1ccc(-c2nc(CC(=O)NCCCN3CCCC3=O)cs2)cc1OC. The molecule has 0 aliphatic carbocycles. The molecule has 1 fully saturated rings. The summed E-state index contributed by atoms with van der Waals surface area (Å²) in [5.41, 5.74) is 1.66. The number of hydrogen-bond donors (Lipinski definition) is 1. The van der Waals surface area contributed by atoms with Crippen LogP contribution in [0.1, 0.15) is 25.0 Å². The number of nitrogens with one attached hydrogen (secondary N) is 1. The van der Waals surface area contributed by atoms with Crippen molar-refractivity contribution in [2.24, 2.45) is 0 Å². The van der Waals surface area contributed by atoms with Gasteiger partial charge in [0.25, 0.3) is 0 Å². The summed E-state index contributed by atoms with van der Waals surface area (Å²) in [6, 6.07) is 5.64. The van der Waals surface area contributed by atoms with Gasteiger partial charge in [0, 0.05) is 37.0 Å². The van der Waals surface area contributed by atoms with Gasteiger partial charge in [-0.1, -0.05) is 0 Å². The Morgan fingerprint density at radius 2 is 2.11 bits per heavy atom. The Balaban J connectivity index is 1.48. The fourth-order valence-corrected chi connectivity index (χ4v) is 3.97. The van der Waals surface area contributed by atoms with Crippen LogP contribution in [0.15, 0.2) is 23.6 Å². The number of hydrogen-bond acceptors (Lipinski definition) is 6. The van der Waals surface area contributed by atoms with Gasteiger partial charge in [0.15, 0.2) is 11.5 Å². The van der Waals surface area contributed by atoms with E-state index in [0.29, 0.717) is 31.0 Å². The van der Waals surface area contributed by atoms with E-state index in [1.165, 1.54) is 11.3 Å². The Bertz CT molecular complexity index is 837. The van der Waals surface area contributed by atoms with Crippen LogP contribution in [0.2, 0.25) is 0 Å². The van der Waals surface area contributed by atoms with Gasteiger partial charge < -0.3 is 19.7 Å². The molecule has 0 unspecified atom stereocenters. The molecule has 1 saturated heterocycles. The Morgan fingerprint density at radius 1 is 1.29 bits per heavy atom. The minimum Gasteiger partial charge on any atom is -0.493 e. The summed E-state index contributed by atoms with van der Waals surface area (Å²) in [6.07, 6.45) is 2.61. The van der Waals surface area contributed by atoms with Crippen LogP contribution in [0.5, 0.6) is 11.5 Å². The summed E-state index contributed by atoms with van der Waals surface area (Å²) in [6.45, 7) is 2.11. The van der Waals surface area contributed by atoms with Gasteiger partial charge >= 0.3 is 0 Å². The number of benzene rings is 1. The van der Waals surface area contributed by atoms with Crippen molar-refractivity contribution in [3.05, 3.63) is 29.3 Å². The van der Waals surface area contributed by atoms with Crippen molar-refractivity contribution in [2.75, 3.05) is 33.9 Å². The van der Waals surface area contributed by atoms with Crippen molar-refractivity contribution in [1.82, 2.24) is 15.2 Å². The monoisotopic (exact) mass is 403 g/mol. The average Bonchev–Trinajstić information content (AvgIpc) is 3.33. The van der Waals surface area contributed by atoms with Gasteiger partial charge in [0.2, 0.25) is 11.8 Å². The molecule has 1 aliphatic heterocycles.